The Bertz CT molecular complexity index is 1030. The van der Waals surface area contributed by atoms with Crippen molar-refractivity contribution < 1.29 is 9.59 Å². The van der Waals surface area contributed by atoms with Gasteiger partial charge in [0.2, 0.25) is 11.8 Å². The maximum absolute atomic E-state index is 12.7. The molecule has 0 atom stereocenters. The van der Waals surface area contributed by atoms with Crippen molar-refractivity contribution >= 4 is 45.6 Å². The summed E-state index contributed by atoms with van der Waals surface area (Å²) < 4.78 is 0. The lowest BCUT2D eigenvalue weighted by Gasteiger charge is -2.36. The first-order valence-electron chi connectivity index (χ1n) is 10.1. The van der Waals surface area contributed by atoms with Crippen LogP contribution >= 0.6 is 22.9 Å². The Morgan fingerprint density at radius 2 is 1.68 bits per heavy atom. The zero-order valence-corrected chi connectivity index (χ0v) is 18.5. The minimum Gasteiger partial charge on any atom is -0.368 e. The second kappa shape index (κ2) is 9.94. The van der Waals surface area contributed by atoms with E-state index in [1.165, 1.54) is 11.3 Å². The Kier molecular flexibility index (Phi) is 6.84. The molecule has 2 aromatic carbocycles. The molecule has 8 heteroatoms. The van der Waals surface area contributed by atoms with E-state index in [1.807, 2.05) is 64.9 Å². The van der Waals surface area contributed by atoms with Crippen molar-refractivity contribution in [2.24, 2.45) is 0 Å². The number of rotatable bonds is 6. The molecular weight excluding hydrogens is 432 g/mol. The first-order chi connectivity index (χ1) is 15.1. The van der Waals surface area contributed by atoms with Gasteiger partial charge in [0.05, 0.1) is 18.5 Å². The van der Waals surface area contributed by atoms with Gasteiger partial charge in [0, 0.05) is 42.3 Å². The van der Waals surface area contributed by atoms with Crippen LogP contribution in [-0.4, -0.2) is 47.9 Å². The number of hydrogen-bond acceptors (Lipinski definition) is 5. The van der Waals surface area contributed by atoms with Crippen LogP contribution in [0.4, 0.5) is 10.8 Å². The summed E-state index contributed by atoms with van der Waals surface area (Å²) in [4.78, 5) is 33.4. The number of nitrogens with one attached hydrogen (secondary N) is 1. The van der Waals surface area contributed by atoms with E-state index in [0.717, 1.165) is 29.4 Å². The highest BCUT2D eigenvalue weighted by molar-refractivity contribution is 7.13. The smallest absolute Gasteiger partial charge is 0.230 e. The molecule has 1 fully saturated rings. The lowest BCUT2D eigenvalue weighted by molar-refractivity contribution is -0.130. The minimum absolute atomic E-state index is 0.0585. The van der Waals surface area contributed by atoms with Gasteiger partial charge in [0.25, 0.3) is 0 Å². The second-order valence-corrected chi connectivity index (χ2v) is 8.67. The molecule has 0 aliphatic carbocycles. The number of aromatic nitrogens is 1. The van der Waals surface area contributed by atoms with Gasteiger partial charge < -0.3 is 15.1 Å². The van der Waals surface area contributed by atoms with Crippen LogP contribution in [-0.2, 0) is 22.4 Å². The van der Waals surface area contributed by atoms with E-state index in [9.17, 15) is 9.59 Å². The van der Waals surface area contributed by atoms with Crippen molar-refractivity contribution in [2.75, 3.05) is 36.4 Å². The van der Waals surface area contributed by atoms with Crippen molar-refractivity contribution in [3.63, 3.8) is 0 Å². The standard InChI is InChI=1S/C23H23ClN4O2S/c24-18-6-8-20(9-7-18)27-10-12-28(13-11-27)22(30)15-19-16-31-23(25-19)26-21(29)14-17-4-2-1-3-5-17/h1-9,16H,10-15H2,(H,25,26,29). The zero-order valence-electron chi connectivity index (χ0n) is 17.0. The number of halogens is 1. The Hall–Kier alpha value is -2.90. The lowest BCUT2D eigenvalue weighted by atomic mass is 10.1. The normalized spacial score (nSPS) is 13.8. The monoisotopic (exact) mass is 454 g/mol. The fourth-order valence-electron chi connectivity index (χ4n) is 3.52. The average Bonchev–Trinajstić information content (AvgIpc) is 3.21. The highest BCUT2D eigenvalue weighted by atomic mass is 35.5. The highest BCUT2D eigenvalue weighted by Gasteiger charge is 2.22. The molecule has 31 heavy (non-hydrogen) atoms. The van der Waals surface area contributed by atoms with Gasteiger partial charge in [-0.25, -0.2) is 4.98 Å². The number of anilines is 2. The van der Waals surface area contributed by atoms with Gasteiger partial charge in [-0.2, -0.15) is 0 Å². The molecule has 0 spiro atoms. The van der Waals surface area contributed by atoms with Gasteiger partial charge in [-0.15, -0.1) is 11.3 Å². The van der Waals surface area contributed by atoms with Crippen LogP contribution < -0.4 is 10.2 Å². The summed E-state index contributed by atoms with van der Waals surface area (Å²) in [5.41, 5.74) is 2.75. The highest BCUT2D eigenvalue weighted by Crippen LogP contribution is 2.20. The number of amides is 2. The number of carbonyl (C=O) groups excluding carboxylic acids is 2. The third-order valence-corrected chi connectivity index (χ3v) is 6.22. The van der Waals surface area contributed by atoms with Gasteiger partial charge in [-0.3, -0.25) is 9.59 Å². The van der Waals surface area contributed by atoms with Crippen molar-refractivity contribution in [1.82, 2.24) is 9.88 Å². The van der Waals surface area contributed by atoms with Crippen LogP contribution in [0.25, 0.3) is 0 Å². The number of benzene rings is 2. The molecule has 1 aromatic heterocycles. The van der Waals surface area contributed by atoms with Gasteiger partial charge >= 0.3 is 0 Å². The van der Waals surface area contributed by atoms with E-state index in [2.05, 4.69) is 15.2 Å². The summed E-state index contributed by atoms with van der Waals surface area (Å²) >= 11 is 7.30. The molecule has 0 radical (unpaired) electrons. The Labute approximate surface area is 190 Å². The number of piperazine rings is 1. The molecular formula is C23H23ClN4O2S. The molecule has 4 rings (SSSR count). The van der Waals surface area contributed by atoms with Crippen LogP contribution in [0, 0.1) is 0 Å². The quantitative estimate of drug-likeness (QED) is 0.614. The van der Waals surface area contributed by atoms with E-state index >= 15 is 0 Å². The van der Waals surface area contributed by atoms with Gasteiger partial charge in [0.15, 0.2) is 5.13 Å². The molecule has 1 N–H and O–H groups in total. The number of thiazole rings is 1. The van der Waals surface area contributed by atoms with Crippen molar-refractivity contribution in [1.29, 1.82) is 0 Å². The average molecular weight is 455 g/mol. The fourth-order valence-corrected chi connectivity index (χ4v) is 4.38. The van der Waals surface area contributed by atoms with E-state index in [0.29, 0.717) is 30.3 Å². The van der Waals surface area contributed by atoms with Gasteiger partial charge in [-0.05, 0) is 29.8 Å². The molecule has 1 aliphatic rings. The molecule has 160 valence electrons. The predicted molar refractivity (Wildman–Crippen MR) is 125 cm³/mol. The molecule has 0 saturated carbocycles. The van der Waals surface area contributed by atoms with Crippen LogP contribution in [0.5, 0.6) is 0 Å². The lowest BCUT2D eigenvalue weighted by Crippen LogP contribution is -2.49. The largest absolute Gasteiger partial charge is 0.368 e. The summed E-state index contributed by atoms with van der Waals surface area (Å²) in [5.74, 6) is -0.0556. The van der Waals surface area contributed by atoms with Gasteiger partial charge in [-0.1, -0.05) is 41.9 Å². The topological polar surface area (TPSA) is 65.5 Å². The molecule has 1 aliphatic heterocycles. The van der Waals surface area contributed by atoms with Crippen LogP contribution in [0.3, 0.4) is 0 Å². The Morgan fingerprint density at radius 1 is 0.968 bits per heavy atom. The van der Waals surface area contributed by atoms with E-state index < -0.39 is 0 Å². The molecule has 0 unspecified atom stereocenters. The SMILES string of the molecule is O=C(Cc1ccccc1)Nc1nc(CC(=O)N2CCN(c3ccc(Cl)cc3)CC2)cs1. The Morgan fingerprint density at radius 3 is 2.39 bits per heavy atom. The van der Waals surface area contributed by atoms with E-state index in [-0.39, 0.29) is 18.2 Å². The molecule has 2 amide bonds. The Balaban J connectivity index is 1.25. The number of carbonyl (C=O) groups is 2. The number of nitrogens with zero attached hydrogens (tertiary/aromatic N) is 3. The maximum atomic E-state index is 12.7. The number of hydrogen-bond donors (Lipinski definition) is 1. The van der Waals surface area contributed by atoms with Crippen molar-refractivity contribution in [2.45, 2.75) is 12.8 Å². The summed E-state index contributed by atoms with van der Waals surface area (Å²) in [5, 5.41) is 5.90. The third kappa shape index (κ3) is 5.83. The van der Waals surface area contributed by atoms with Crippen LogP contribution in [0.15, 0.2) is 60.0 Å². The molecule has 6 nitrogen and oxygen atoms in total. The van der Waals surface area contributed by atoms with Crippen LogP contribution in [0.2, 0.25) is 5.02 Å². The van der Waals surface area contributed by atoms with Crippen LogP contribution in [0.1, 0.15) is 11.3 Å². The summed E-state index contributed by atoms with van der Waals surface area (Å²) in [6, 6.07) is 17.3. The summed E-state index contributed by atoms with van der Waals surface area (Å²) in [7, 11) is 0. The second-order valence-electron chi connectivity index (χ2n) is 7.38. The maximum Gasteiger partial charge on any atom is 0.230 e. The van der Waals surface area contributed by atoms with Gasteiger partial charge in [0.1, 0.15) is 0 Å². The molecule has 1 saturated heterocycles. The first kappa shape index (κ1) is 21.3. The summed E-state index contributed by atoms with van der Waals surface area (Å²) in [6.45, 7) is 2.91. The predicted octanol–water partition coefficient (Wildman–Crippen LogP) is 3.87. The van der Waals surface area contributed by atoms with Crippen molar-refractivity contribution in [3.05, 3.63) is 76.3 Å². The fraction of sp³-hybridized carbons (Fsp3) is 0.261. The third-order valence-electron chi connectivity index (χ3n) is 5.16. The molecule has 3 aromatic rings. The van der Waals surface area contributed by atoms with Crippen molar-refractivity contribution in [3.8, 4) is 0 Å². The van der Waals surface area contributed by atoms with E-state index in [4.69, 9.17) is 11.6 Å². The zero-order chi connectivity index (χ0) is 21.6. The molecule has 2 heterocycles. The first-order valence-corrected chi connectivity index (χ1v) is 11.4. The summed E-state index contributed by atoms with van der Waals surface area (Å²) in [6.07, 6.45) is 0.540. The molecule has 0 bridgehead atoms. The minimum atomic E-state index is -0.114. The van der Waals surface area contributed by atoms with E-state index in [1.54, 1.807) is 0 Å².